The molecule has 0 unspecified atom stereocenters. The lowest BCUT2D eigenvalue weighted by Gasteiger charge is -2.29. The predicted octanol–water partition coefficient (Wildman–Crippen LogP) is 3.61. The second kappa shape index (κ2) is 8.16. The van der Waals surface area contributed by atoms with E-state index in [1.54, 1.807) is 34.9 Å². The van der Waals surface area contributed by atoms with E-state index in [0.29, 0.717) is 41.6 Å². The van der Waals surface area contributed by atoms with Crippen molar-refractivity contribution in [2.45, 2.75) is 23.7 Å². The molecule has 0 spiro atoms. The van der Waals surface area contributed by atoms with Gasteiger partial charge in [0, 0.05) is 19.2 Å². The molecule has 0 amide bonds. The summed E-state index contributed by atoms with van der Waals surface area (Å²) in [6, 6.07) is 8.93. The van der Waals surface area contributed by atoms with Crippen molar-refractivity contribution < 1.29 is 22.5 Å². The highest BCUT2D eigenvalue weighted by Gasteiger charge is 2.33. The number of esters is 1. The Hall–Kier alpha value is -2.01. The molecule has 0 radical (unpaired) electrons. The molecule has 1 aliphatic rings. The molecule has 0 aliphatic carbocycles. The number of carbonyl (C=O) groups is 1. The van der Waals surface area contributed by atoms with Gasteiger partial charge in [-0.2, -0.15) is 4.31 Å². The fourth-order valence-electron chi connectivity index (χ4n) is 3.05. The predicted molar refractivity (Wildman–Crippen MR) is 105 cm³/mol. The Kier molecular flexibility index (Phi) is 5.63. The third-order valence-corrected chi connectivity index (χ3v) is 8.72. The highest BCUT2D eigenvalue weighted by atomic mass is 32.2. The Bertz CT molecular complexity index is 1020. The molecule has 0 atom stereocenters. The lowest BCUT2D eigenvalue weighted by Crippen LogP contribution is -2.40. The van der Waals surface area contributed by atoms with Gasteiger partial charge < -0.3 is 9.26 Å². The van der Waals surface area contributed by atoms with Gasteiger partial charge in [0.15, 0.2) is 5.76 Å². The van der Waals surface area contributed by atoms with Crippen LogP contribution in [-0.2, 0) is 26.2 Å². The first kappa shape index (κ1) is 19.3. The van der Waals surface area contributed by atoms with Crippen LogP contribution >= 0.6 is 22.7 Å². The number of hydrogen-bond acceptors (Lipinski definition) is 8. The van der Waals surface area contributed by atoms with E-state index < -0.39 is 10.0 Å². The van der Waals surface area contributed by atoms with Crippen molar-refractivity contribution in [3.63, 3.8) is 0 Å². The number of hydrogen-bond donors (Lipinski definition) is 0. The summed E-state index contributed by atoms with van der Waals surface area (Å²) in [6.45, 7) is 0.667. The Labute approximate surface area is 170 Å². The first-order valence-electron chi connectivity index (χ1n) is 8.74. The molecule has 1 saturated heterocycles. The van der Waals surface area contributed by atoms with Crippen molar-refractivity contribution in [1.82, 2.24) is 9.46 Å². The second-order valence-electron chi connectivity index (χ2n) is 6.38. The van der Waals surface area contributed by atoms with Gasteiger partial charge in [-0.3, -0.25) is 4.79 Å². The number of nitrogens with zero attached hydrogens (tertiary/aromatic N) is 2. The fraction of sp³-hybridized carbons (Fsp3) is 0.333. The van der Waals surface area contributed by atoms with Crippen molar-refractivity contribution in [2.24, 2.45) is 5.92 Å². The smallest absolute Gasteiger partial charge is 0.309 e. The average Bonchev–Trinajstić information content (AvgIpc) is 3.48. The standard InChI is InChI=1S/C18H18N2O5S3/c21-18(24-12-14-11-15(25-19-14)16-3-1-9-26-16)13-5-7-20(8-6-13)28(22,23)17-4-2-10-27-17/h1-4,9-11,13H,5-8,12H2. The maximum atomic E-state index is 12.5. The Morgan fingerprint density at radius 3 is 2.64 bits per heavy atom. The summed E-state index contributed by atoms with van der Waals surface area (Å²) in [4.78, 5) is 13.3. The quantitative estimate of drug-likeness (QED) is 0.546. The van der Waals surface area contributed by atoms with E-state index in [4.69, 9.17) is 9.26 Å². The normalized spacial score (nSPS) is 16.3. The van der Waals surface area contributed by atoms with Gasteiger partial charge in [0.1, 0.15) is 16.5 Å². The van der Waals surface area contributed by atoms with Crippen LogP contribution in [0.2, 0.25) is 0 Å². The van der Waals surface area contributed by atoms with Crippen molar-refractivity contribution in [2.75, 3.05) is 13.1 Å². The molecule has 4 rings (SSSR count). The summed E-state index contributed by atoms with van der Waals surface area (Å²) < 4.78 is 37.5. The number of carbonyl (C=O) groups excluding carboxylic acids is 1. The molecule has 10 heteroatoms. The molecule has 1 fully saturated rings. The molecule has 3 aromatic rings. The van der Waals surface area contributed by atoms with E-state index in [-0.39, 0.29) is 18.5 Å². The van der Waals surface area contributed by atoms with Crippen molar-refractivity contribution in [3.8, 4) is 10.6 Å². The minimum Gasteiger partial charge on any atom is -0.459 e. The van der Waals surface area contributed by atoms with Crippen LogP contribution in [0.4, 0.5) is 0 Å². The molecule has 0 N–H and O–H groups in total. The number of ether oxygens (including phenoxy) is 1. The molecule has 3 aromatic heterocycles. The van der Waals surface area contributed by atoms with E-state index in [1.807, 2.05) is 17.5 Å². The van der Waals surface area contributed by atoms with E-state index in [2.05, 4.69) is 5.16 Å². The van der Waals surface area contributed by atoms with Gasteiger partial charge in [-0.05, 0) is 35.7 Å². The van der Waals surface area contributed by atoms with Crippen LogP contribution in [0.15, 0.2) is 49.8 Å². The van der Waals surface area contributed by atoms with E-state index in [9.17, 15) is 13.2 Å². The van der Waals surface area contributed by atoms with Crippen molar-refractivity contribution in [1.29, 1.82) is 0 Å². The number of sulfonamides is 1. The zero-order valence-electron chi connectivity index (χ0n) is 14.8. The molecular formula is C18H18N2O5S3. The van der Waals surface area contributed by atoms with Crippen LogP contribution in [-0.4, -0.2) is 36.9 Å². The summed E-state index contributed by atoms with van der Waals surface area (Å²) in [7, 11) is -3.46. The van der Waals surface area contributed by atoms with Crippen LogP contribution < -0.4 is 0 Å². The second-order valence-corrected chi connectivity index (χ2v) is 10.4. The Balaban J connectivity index is 1.29. The zero-order valence-corrected chi connectivity index (χ0v) is 17.3. The van der Waals surface area contributed by atoms with Gasteiger partial charge in [-0.15, -0.1) is 22.7 Å². The Morgan fingerprint density at radius 1 is 1.21 bits per heavy atom. The minimum atomic E-state index is -3.46. The van der Waals surface area contributed by atoms with Gasteiger partial charge in [0.25, 0.3) is 10.0 Å². The molecular weight excluding hydrogens is 420 g/mol. The van der Waals surface area contributed by atoms with Gasteiger partial charge in [0.2, 0.25) is 0 Å². The SMILES string of the molecule is O=C(OCc1cc(-c2cccs2)on1)C1CCN(S(=O)(=O)c2cccs2)CC1. The summed E-state index contributed by atoms with van der Waals surface area (Å²) >= 11 is 2.74. The van der Waals surface area contributed by atoms with E-state index in [1.165, 1.54) is 15.6 Å². The van der Waals surface area contributed by atoms with Crippen molar-refractivity contribution in [3.05, 3.63) is 46.8 Å². The average molecular weight is 439 g/mol. The summed E-state index contributed by atoms with van der Waals surface area (Å²) in [6.07, 6.45) is 0.894. The maximum absolute atomic E-state index is 12.5. The molecule has 148 valence electrons. The van der Waals surface area contributed by atoms with Crippen LogP contribution in [0.25, 0.3) is 10.6 Å². The van der Waals surface area contributed by atoms with Crippen molar-refractivity contribution >= 4 is 38.7 Å². The van der Waals surface area contributed by atoms with Crippen LogP contribution in [0.1, 0.15) is 18.5 Å². The third kappa shape index (κ3) is 4.04. The molecule has 1 aliphatic heterocycles. The zero-order chi connectivity index (χ0) is 19.6. The number of thiophene rings is 2. The number of aromatic nitrogens is 1. The van der Waals surface area contributed by atoms with Gasteiger partial charge in [-0.25, -0.2) is 8.42 Å². The summed E-state index contributed by atoms with van der Waals surface area (Å²) in [5.74, 6) is 0.0143. The highest BCUT2D eigenvalue weighted by Crippen LogP contribution is 2.28. The monoisotopic (exact) mass is 438 g/mol. The van der Waals surface area contributed by atoms with Crippen LogP contribution in [0.5, 0.6) is 0 Å². The van der Waals surface area contributed by atoms with Gasteiger partial charge >= 0.3 is 5.97 Å². The summed E-state index contributed by atoms with van der Waals surface area (Å²) in [5, 5.41) is 7.62. The molecule has 4 heterocycles. The third-order valence-electron chi connectivity index (χ3n) is 4.56. The van der Waals surface area contributed by atoms with E-state index >= 15 is 0 Å². The molecule has 0 aromatic carbocycles. The maximum Gasteiger partial charge on any atom is 0.309 e. The number of rotatable bonds is 6. The fourth-order valence-corrected chi connectivity index (χ4v) is 6.33. The van der Waals surface area contributed by atoms with E-state index in [0.717, 1.165) is 4.88 Å². The molecule has 28 heavy (non-hydrogen) atoms. The number of piperidine rings is 1. The molecule has 0 saturated carbocycles. The van der Waals surface area contributed by atoms with Gasteiger partial charge in [-0.1, -0.05) is 17.3 Å². The minimum absolute atomic E-state index is 0.0431. The first-order chi connectivity index (χ1) is 13.5. The molecule has 7 nitrogen and oxygen atoms in total. The lowest BCUT2D eigenvalue weighted by atomic mass is 9.98. The summed E-state index contributed by atoms with van der Waals surface area (Å²) in [5.41, 5.74) is 0.550. The van der Waals surface area contributed by atoms with Crippen LogP contribution in [0.3, 0.4) is 0 Å². The highest BCUT2D eigenvalue weighted by molar-refractivity contribution is 7.91. The Morgan fingerprint density at radius 2 is 1.96 bits per heavy atom. The molecule has 0 bridgehead atoms. The largest absolute Gasteiger partial charge is 0.459 e. The van der Waals surface area contributed by atoms with Crippen LogP contribution in [0, 0.1) is 5.92 Å². The first-order valence-corrected chi connectivity index (χ1v) is 11.9. The van der Waals surface area contributed by atoms with Gasteiger partial charge in [0.05, 0.1) is 10.8 Å². The lowest BCUT2D eigenvalue weighted by molar-refractivity contribution is -0.151. The topological polar surface area (TPSA) is 89.7 Å².